The maximum absolute atomic E-state index is 11.4. The molecule has 0 bridgehead atoms. The van der Waals surface area contributed by atoms with Gasteiger partial charge in [0.25, 0.3) is 5.69 Å². The third-order valence-corrected chi connectivity index (χ3v) is 1.92. The number of hydrogen-bond acceptors (Lipinski definition) is 5. The molecule has 17 heavy (non-hydrogen) atoms. The summed E-state index contributed by atoms with van der Waals surface area (Å²) < 4.78 is 0. The third-order valence-electron chi connectivity index (χ3n) is 1.92. The number of carbonyl (C=O) groups excluding carboxylic acids is 1. The van der Waals surface area contributed by atoms with Crippen LogP contribution in [0.4, 0.5) is 11.5 Å². The quantitative estimate of drug-likeness (QED) is 0.614. The average Bonchev–Trinajstić information content (AvgIpc) is 2.19. The van der Waals surface area contributed by atoms with Crippen LogP contribution in [0.25, 0.3) is 0 Å². The summed E-state index contributed by atoms with van der Waals surface area (Å²) in [7, 11) is 0. The van der Waals surface area contributed by atoms with Gasteiger partial charge in [-0.25, -0.2) is 4.98 Å². The van der Waals surface area contributed by atoms with Gasteiger partial charge in [-0.1, -0.05) is 13.8 Å². The first-order chi connectivity index (χ1) is 7.90. The lowest BCUT2D eigenvalue weighted by molar-refractivity contribution is -0.385. The number of anilines is 1. The van der Waals surface area contributed by atoms with E-state index in [0.717, 1.165) is 12.3 Å². The van der Waals surface area contributed by atoms with Crippen molar-refractivity contribution < 1.29 is 14.8 Å². The van der Waals surface area contributed by atoms with Gasteiger partial charge in [0, 0.05) is 6.42 Å². The Bertz CT molecular complexity index is 445. The molecule has 0 spiro atoms. The van der Waals surface area contributed by atoms with Gasteiger partial charge in [0.1, 0.15) is 6.20 Å². The summed E-state index contributed by atoms with van der Waals surface area (Å²) >= 11 is 0. The molecule has 0 aliphatic carbocycles. The molecule has 0 aromatic carbocycles. The molecule has 1 rings (SSSR count). The van der Waals surface area contributed by atoms with Gasteiger partial charge in [0.15, 0.2) is 11.6 Å². The molecule has 0 saturated heterocycles. The molecule has 0 radical (unpaired) electrons. The predicted molar refractivity (Wildman–Crippen MR) is 60.6 cm³/mol. The van der Waals surface area contributed by atoms with Crippen LogP contribution in [-0.4, -0.2) is 20.9 Å². The lowest BCUT2D eigenvalue weighted by Crippen LogP contribution is -2.14. The summed E-state index contributed by atoms with van der Waals surface area (Å²) in [4.78, 5) is 24.7. The minimum absolute atomic E-state index is 0.0683. The van der Waals surface area contributed by atoms with Gasteiger partial charge in [-0.2, -0.15) is 0 Å². The van der Waals surface area contributed by atoms with Crippen molar-refractivity contribution in [1.82, 2.24) is 4.98 Å². The van der Waals surface area contributed by atoms with Crippen molar-refractivity contribution in [2.75, 3.05) is 5.32 Å². The van der Waals surface area contributed by atoms with Crippen LogP contribution in [0.2, 0.25) is 0 Å². The van der Waals surface area contributed by atoms with Gasteiger partial charge >= 0.3 is 0 Å². The summed E-state index contributed by atoms with van der Waals surface area (Å²) in [5.41, 5.74) is -0.329. The Morgan fingerprint density at radius 2 is 2.29 bits per heavy atom. The number of rotatable bonds is 4. The fourth-order valence-corrected chi connectivity index (χ4v) is 1.19. The second-order valence-electron chi connectivity index (χ2n) is 3.96. The van der Waals surface area contributed by atoms with Crippen LogP contribution < -0.4 is 5.32 Å². The summed E-state index contributed by atoms with van der Waals surface area (Å²) in [5.74, 6) is -0.607. The summed E-state index contributed by atoms with van der Waals surface area (Å²) in [6.45, 7) is 3.76. The Kier molecular flexibility index (Phi) is 3.97. The highest BCUT2D eigenvalue weighted by Crippen LogP contribution is 2.25. The molecule has 1 aromatic heterocycles. The highest BCUT2D eigenvalue weighted by molar-refractivity contribution is 5.91. The Morgan fingerprint density at radius 1 is 1.65 bits per heavy atom. The van der Waals surface area contributed by atoms with Crippen LogP contribution in [0, 0.1) is 16.0 Å². The minimum atomic E-state index is -0.674. The lowest BCUT2D eigenvalue weighted by Gasteiger charge is -2.07. The number of pyridine rings is 1. The van der Waals surface area contributed by atoms with E-state index >= 15 is 0 Å². The van der Waals surface area contributed by atoms with E-state index in [1.54, 1.807) is 0 Å². The standard InChI is InChI=1S/C10H13N3O4/c1-6(2)3-9(15)12-10-8(14)4-7(5-11-10)13(16)17/h4-6,14H,3H2,1-2H3,(H,11,12,15). The Hall–Kier alpha value is -2.18. The van der Waals surface area contributed by atoms with Crippen LogP contribution in [-0.2, 0) is 4.79 Å². The number of nitrogens with one attached hydrogen (secondary N) is 1. The number of carbonyl (C=O) groups is 1. The van der Waals surface area contributed by atoms with Crippen molar-refractivity contribution in [1.29, 1.82) is 0 Å². The second kappa shape index (κ2) is 5.24. The number of nitro groups is 1. The highest BCUT2D eigenvalue weighted by Gasteiger charge is 2.14. The molecular weight excluding hydrogens is 226 g/mol. The molecule has 2 N–H and O–H groups in total. The Balaban J connectivity index is 2.79. The molecule has 0 saturated carbocycles. The third kappa shape index (κ3) is 3.71. The molecule has 0 aliphatic heterocycles. The van der Waals surface area contributed by atoms with Gasteiger partial charge in [-0.3, -0.25) is 14.9 Å². The van der Waals surface area contributed by atoms with Crippen LogP contribution in [0.15, 0.2) is 12.3 Å². The molecule has 0 unspecified atom stereocenters. The van der Waals surface area contributed by atoms with Gasteiger partial charge in [-0.15, -0.1) is 0 Å². The maximum atomic E-state index is 11.4. The largest absolute Gasteiger partial charge is 0.504 e. The molecule has 7 heteroatoms. The fourth-order valence-electron chi connectivity index (χ4n) is 1.19. The zero-order chi connectivity index (χ0) is 13.0. The summed E-state index contributed by atoms with van der Waals surface area (Å²) in [6.07, 6.45) is 1.27. The van der Waals surface area contributed by atoms with Crippen molar-refractivity contribution in [3.05, 3.63) is 22.4 Å². The van der Waals surface area contributed by atoms with Crippen LogP contribution in [0.5, 0.6) is 5.75 Å². The number of aromatic hydroxyl groups is 1. The lowest BCUT2D eigenvalue weighted by atomic mass is 10.1. The van der Waals surface area contributed by atoms with E-state index in [2.05, 4.69) is 10.3 Å². The normalized spacial score (nSPS) is 10.3. The first kappa shape index (κ1) is 12.9. The van der Waals surface area contributed by atoms with Crippen molar-refractivity contribution in [2.24, 2.45) is 5.92 Å². The summed E-state index contributed by atoms with van der Waals surface area (Å²) in [5, 5.41) is 22.2. The molecule has 1 heterocycles. The molecule has 0 aliphatic rings. The SMILES string of the molecule is CC(C)CC(=O)Nc1ncc([N+](=O)[O-])cc1O. The van der Waals surface area contributed by atoms with Gasteiger partial charge < -0.3 is 10.4 Å². The van der Waals surface area contributed by atoms with E-state index in [9.17, 15) is 20.0 Å². The van der Waals surface area contributed by atoms with Crippen molar-refractivity contribution >= 4 is 17.4 Å². The molecule has 0 fully saturated rings. The zero-order valence-corrected chi connectivity index (χ0v) is 9.51. The van der Waals surface area contributed by atoms with Crippen molar-refractivity contribution in [2.45, 2.75) is 20.3 Å². The van der Waals surface area contributed by atoms with Crippen LogP contribution in [0.3, 0.4) is 0 Å². The Morgan fingerprint density at radius 3 is 2.76 bits per heavy atom. The van der Waals surface area contributed by atoms with E-state index < -0.39 is 10.7 Å². The summed E-state index contributed by atoms with van der Waals surface area (Å²) in [6, 6.07) is 0.942. The highest BCUT2D eigenvalue weighted by atomic mass is 16.6. The van der Waals surface area contributed by atoms with E-state index in [1.807, 2.05) is 13.8 Å². The minimum Gasteiger partial charge on any atom is -0.504 e. The number of hydrogen-bond donors (Lipinski definition) is 2. The average molecular weight is 239 g/mol. The van der Waals surface area contributed by atoms with Crippen molar-refractivity contribution in [3.8, 4) is 5.75 Å². The number of aromatic nitrogens is 1. The molecule has 92 valence electrons. The van der Waals surface area contributed by atoms with Crippen LogP contribution >= 0.6 is 0 Å². The predicted octanol–water partition coefficient (Wildman–Crippen LogP) is 1.68. The van der Waals surface area contributed by atoms with Crippen LogP contribution in [0.1, 0.15) is 20.3 Å². The zero-order valence-electron chi connectivity index (χ0n) is 9.51. The fraction of sp³-hybridized carbons (Fsp3) is 0.400. The van der Waals surface area contributed by atoms with Crippen molar-refractivity contribution in [3.63, 3.8) is 0 Å². The topological polar surface area (TPSA) is 105 Å². The number of amides is 1. The molecule has 7 nitrogen and oxygen atoms in total. The molecule has 0 atom stereocenters. The van der Waals surface area contributed by atoms with E-state index in [0.29, 0.717) is 0 Å². The monoisotopic (exact) mass is 239 g/mol. The van der Waals surface area contributed by atoms with E-state index in [1.165, 1.54) is 0 Å². The van der Waals surface area contributed by atoms with Gasteiger partial charge in [0.05, 0.1) is 11.0 Å². The van der Waals surface area contributed by atoms with Gasteiger partial charge in [0.2, 0.25) is 5.91 Å². The van der Waals surface area contributed by atoms with Gasteiger partial charge in [-0.05, 0) is 5.92 Å². The Labute approximate surface area is 97.6 Å². The molecular formula is C10H13N3O4. The molecule has 1 amide bonds. The van der Waals surface area contributed by atoms with E-state index in [-0.39, 0.29) is 29.8 Å². The second-order valence-corrected chi connectivity index (χ2v) is 3.96. The maximum Gasteiger partial charge on any atom is 0.291 e. The first-order valence-corrected chi connectivity index (χ1v) is 5.03. The van der Waals surface area contributed by atoms with E-state index in [4.69, 9.17) is 0 Å². The molecule has 1 aromatic rings. The first-order valence-electron chi connectivity index (χ1n) is 5.03. The smallest absolute Gasteiger partial charge is 0.291 e. The number of nitrogens with zero attached hydrogens (tertiary/aromatic N) is 2.